The second kappa shape index (κ2) is 9.60. The molecule has 0 amide bonds. The highest BCUT2D eigenvalue weighted by atomic mass is 15.1. The predicted octanol–water partition coefficient (Wildman–Crippen LogP) is 6.22. The summed E-state index contributed by atoms with van der Waals surface area (Å²) in [6, 6.07) is 34.2. The van der Waals surface area contributed by atoms with Crippen molar-refractivity contribution in [2.24, 2.45) is 0 Å². The topological polar surface area (TPSA) is 16.1 Å². The third kappa shape index (κ3) is 4.84. The molecule has 1 aromatic heterocycles. The SMILES string of the molecule is C#Cc1ccccc1N(c1ccccc1)c1ccccc1.c1ccncc1. The van der Waals surface area contributed by atoms with Crippen molar-refractivity contribution in [2.45, 2.75) is 0 Å². The number of hydrogen-bond acceptors (Lipinski definition) is 2. The number of terminal acetylenes is 1. The van der Waals surface area contributed by atoms with Gasteiger partial charge in [-0.2, -0.15) is 0 Å². The first-order valence-electron chi connectivity index (χ1n) is 8.71. The van der Waals surface area contributed by atoms with Crippen molar-refractivity contribution in [1.82, 2.24) is 4.98 Å². The van der Waals surface area contributed by atoms with Gasteiger partial charge in [0.1, 0.15) is 0 Å². The standard InChI is InChI=1S/C20H15N.C5H5N/c1-2-17-11-9-10-16-20(17)21(18-12-5-3-6-13-18)19-14-7-4-8-15-19;1-2-4-6-5-3-1/h1,3-16H;1-5H. The molecule has 2 heteroatoms. The molecule has 0 atom stereocenters. The minimum absolute atomic E-state index is 0.880. The summed E-state index contributed by atoms with van der Waals surface area (Å²) in [6.07, 6.45) is 9.17. The maximum atomic E-state index is 5.67. The largest absolute Gasteiger partial charge is 0.309 e. The maximum Gasteiger partial charge on any atom is 0.0618 e. The highest BCUT2D eigenvalue weighted by Gasteiger charge is 2.13. The van der Waals surface area contributed by atoms with E-state index in [0.717, 1.165) is 22.6 Å². The number of hydrogen-bond donors (Lipinski definition) is 0. The van der Waals surface area contributed by atoms with Crippen molar-refractivity contribution in [2.75, 3.05) is 4.90 Å². The zero-order chi connectivity index (χ0) is 18.7. The summed E-state index contributed by atoms with van der Waals surface area (Å²) < 4.78 is 0. The summed E-state index contributed by atoms with van der Waals surface area (Å²) in [7, 11) is 0. The van der Waals surface area contributed by atoms with E-state index in [1.807, 2.05) is 72.8 Å². The van der Waals surface area contributed by atoms with Gasteiger partial charge in [-0.3, -0.25) is 4.98 Å². The molecule has 2 nitrogen and oxygen atoms in total. The van der Waals surface area contributed by atoms with Crippen molar-refractivity contribution in [3.63, 3.8) is 0 Å². The second-order valence-electron chi connectivity index (χ2n) is 5.69. The second-order valence-corrected chi connectivity index (χ2v) is 5.69. The molecule has 0 N–H and O–H groups in total. The molecular formula is C25H20N2. The van der Waals surface area contributed by atoms with E-state index in [0.29, 0.717) is 0 Å². The molecule has 0 aliphatic heterocycles. The molecule has 0 spiro atoms. The number of rotatable bonds is 3. The Bertz CT molecular complexity index is 909. The molecule has 4 aromatic rings. The maximum absolute atomic E-state index is 5.67. The Labute approximate surface area is 160 Å². The monoisotopic (exact) mass is 348 g/mol. The molecule has 0 bridgehead atoms. The van der Waals surface area contributed by atoms with Crippen molar-refractivity contribution < 1.29 is 0 Å². The number of benzene rings is 3. The van der Waals surface area contributed by atoms with Gasteiger partial charge in [0.15, 0.2) is 0 Å². The van der Waals surface area contributed by atoms with Gasteiger partial charge in [0.05, 0.1) is 5.69 Å². The van der Waals surface area contributed by atoms with Crippen molar-refractivity contribution in [3.05, 3.63) is 121 Å². The Hall–Kier alpha value is -3.83. The number of anilines is 3. The molecule has 27 heavy (non-hydrogen) atoms. The highest BCUT2D eigenvalue weighted by Crippen LogP contribution is 2.35. The molecule has 1 heterocycles. The van der Waals surface area contributed by atoms with Crippen LogP contribution in [0.5, 0.6) is 0 Å². The Balaban J connectivity index is 0.000000299. The van der Waals surface area contributed by atoms with E-state index in [1.54, 1.807) is 12.4 Å². The molecule has 0 aliphatic carbocycles. The minimum atomic E-state index is 0.880. The van der Waals surface area contributed by atoms with Crippen LogP contribution in [0.1, 0.15) is 5.56 Å². The fraction of sp³-hybridized carbons (Fsp3) is 0. The van der Waals surface area contributed by atoms with Gasteiger partial charge in [0.25, 0.3) is 0 Å². The summed E-state index contributed by atoms with van der Waals surface area (Å²) in [6.45, 7) is 0. The lowest BCUT2D eigenvalue weighted by atomic mass is 10.1. The van der Waals surface area contributed by atoms with E-state index in [-0.39, 0.29) is 0 Å². The van der Waals surface area contributed by atoms with Crippen molar-refractivity contribution in [3.8, 4) is 12.3 Å². The quantitative estimate of drug-likeness (QED) is 0.409. The van der Waals surface area contributed by atoms with Crippen LogP contribution in [0.4, 0.5) is 17.1 Å². The first-order valence-corrected chi connectivity index (χ1v) is 8.71. The predicted molar refractivity (Wildman–Crippen MR) is 113 cm³/mol. The fourth-order valence-electron chi connectivity index (χ4n) is 2.68. The average Bonchev–Trinajstić information content (AvgIpc) is 2.77. The van der Waals surface area contributed by atoms with Gasteiger partial charge in [0, 0.05) is 29.3 Å². The van der Waals surface area contributed by atoms with Crippen LogP contribution in [0.3, 0.4) is 0 Å². The minimum Gasteiger partial charge on any atom is -0.309 e. The highest BCUT2D eigenvalue weighted by molar-refractivity contribution is 5.79. The van der Waals surface area contributed by atoms with E-state index < -0.39 is 0 Å². The summed E-state index contributed by atoms with van der Waals surface area (Å²) in [5.74, 6) is 2.77. The fourth-order valence-corrected chi connectivity index (χ4v) is 2.68. The smallest absolute Gasteiger partial charge is 0.0618 e. The third-order valence-corrected chi connectivity index (χ3v) is 3.90. The molecule has 0 aliphatic rings. The van der Waals surface area contributed by atoms with Crippen molar-refractivity contribution >= 4 is 17.1 Å². The summed E-state index contributed by atoms with van der Waals surface area (Å²) >= 11 is 0. The molecule has 0 saturated carbocycles. The number of nitrogens with zero attached hydrogens (tertiary/aromatic N) is 2. The lowest BCUT2D eigenvalue weighted by molar-refractivity contribution is 1.27. The molecule has 0 unspecified atom stereocenters. The Morgan fingerprint density at radius 3 is 1.52 bits per heavy atom. The first-order chi connectivity index (χ1) is 13.4. The summed E-state index contributed by atoms with van der Waals surface area (Å²) in [4.78, 5) is 5.96. The van der Waals surface area contributed by atoms with E-state index in [4.69, 9.17) is 6.42 Å². The van der Waals surface area contributed by atoms with E-state index in [1.165, 1.54) is 0 Å². The number of para-hydroxylation sites is 3. The molecule has 0 saturated heterocycles. The molecular weight excluding hydrogens is 328 g/mol. The molecule has 130 valence electrons. The molecule has 0 radical (unpaired) electrons. The zero-order valence-corrected chi connectivity index (χ0v) is 14.9. The van der Waals surface area contributed by atoms with E-state index in [9.17, 15) is 0 Å². The molecule has 3 aromatic carbocycles. The first kappa shape index (κ1) is 18.0. The van der Waals surface area contributed by atoms with Gasteiger partial charge in [-0.15, -0.1) is 6.42 Å². The Morgan fingerprint density at radius 2 is 1.07 bits per heavy atom. The lowest BCUT2D eigenvalue weighted by Gasteiger charge is -2.26. The third-order valence-electron chi connectivity index (χ3n) is 3.90. The van der Waals surface area contributed by atoms with Gasteiger partial charge in [-0.05, 0) is 48.5 Å². The van der Waals surface area contributed by atoms with Crippen LogP contribution in [0.15, 0.2) is 116 Å². The normalized spacial score (nSPS) is 9.44. The zero-order valence-electron chi connectivity index (χ0n) is 14.9. The van der Waals surface area contributed by atoms with Gasteiger partial charge in [-0.1, -0.05) is 60.5 Å². The molecule has 4 rings (SSSR count). The van der Waals surface area contributed by atoms with E-state index in [2.05, 4.69) is 46.1 Å². The van der Waals surface area contributed by atoms with Crippen LogP contribution in [0.25, 0.3) is 0 Å². The van der Waals surface area contributed by atoms with E-state index >= 15 is 0 Å². The van der Waals surface area contributed by atoms with Crippen LogP contribution in [-0.2, 0) is 0 Å². The number of pyridine rings is 1. The van der Waals surface area contributed by atoms with Crippen LogP contribution in [0, 0.1) is 12.3 Å². The van der Waals surface area contributed by atoms with Gasteiger partial charge in [-0.25, -0.2) is 0 Å². The van der Waals surface area contributed by atoms with Gasteiger partial charge in [0.2, 0.25) is 0 Å². The van der Waals surface area contributed by atoms with Gasteiger partial charge < -0.3 is 4.90 Å². The lowest BCUT2D eigenvalue weighted by Crippen LogP contribution is -2.11. The van der Waals surface area contributed by atoms with Crippen molar-refractivity contribution in [1.29, 1.82) is 0 Å². The van der Waals surface area contributed by atoms with Crippen LogP contribution in [0.2, 0.25) is 0 Å². The molecule has 0 fully saturated rings. The van der Waals surface area contributed by atoms with Crippen LogP contribution in [-0.4, -0.2) is 4.98 Å². The van der Waals surface area contributed by atoms with Gasteiger partial charge >= 0.3 is 0 Å². The van der Waals surface area contributed by atoms with Crippen LogP contribution < -0.4 is 4.90 Å². The summed E-state index contributed by atoms with van der Waals surface area (Å²) in [5, 5.41) is 0. The summed E-state index contributed by atoms with van der Waals surface area (Å²) in [5.41, 5.74) is 4.07. The average molecular weight is 348 g/mol. The number of aromatic nitrogens is 1. The van der Waals surface area contributed by atoms with Crippen LogP contribution >= 0.6 is 0 Å². The Kier molecular flexibility index (Phi) is 6.39. The Morgan fingerprint density at radius 1 is 0.593 bits per heavy atom.